The number of phosphoric ester groups is 1. The van der Waals surface area contributed by atoms with Crippen molar-refractivity contribution in [1.29, 1.82) is 0 Å². The molecule has 0 radical (unpaired) electrons. The van der Waals surface area contributed by atoms with E-state index in [4.69, 9.17) is 18.5 Å². The number of phosphoric acid groups is 1. The summed E-state index contributed by atoms with van der Waals surface area (Å²) in [6, 6.07) is 0. The summed E-state index contributed by atoms with van der Waals surface area (Å²) in [5.74, 6) is -0.810. The Morgan fingerprint density at radius 2 is 0.655 bits per heavy atom. The van der Waals surface area contributed by atoms with E-state index in [1.165, 1.54) is 148 Å². The molecule has 0 saturated heterocycles. The van der Waals surface area contributed by atoms with Gasteiger partial charge >= 0.3 is 19.8 Å². The molecule has 0 saturated carbocycles. The molecular formula is C77H135NO8P+. The molecule has 2 unspecified atom stereocenters. The van der Waals surface area contributed by atoms with Gasteiger partial charge in [-0.15, -0.1) is 0 Å². The van der Waals surface area contributed by atoms with Crippen LogP contribution in [0.5, 0.6) is 0 Å². The highest BCUT2D eigenvalue weighted by Crippen LogP contribution is 2.43. The number of hydrogen-bond donors (Lipinski definition) is 1. The minimum atomic E-state index is -4.40. The Kier molecular flexibility index (Phi) is 64.1. The van der Waals surface area contributed by atoms with Crippen molar-refractivity contribution in [1.82, 2.24) is 0 Å². The quantitative estimate of drug-likeness (QED) is 0.0211. The first kappa shape index (κ1) is 83.4. The van der Waals surface area contributed by atoms with Crippen molar-refractivity contribution < 1.29 is 42.1 Å². The van der Waals surface area contributed by atoms with Crippen LogP contribution in [0.1, 0.15) is 303 Å². The first-order chi connectivity index (χ1) is 42.5. The number of ether oxygens (including phenoxy) is 2. The summed E-state index contributed by atoms with van der Waals surface area (Å²) in [6.07, 6.45) is 95.9. The maximum absolute atomic E-state index is 12.9. The largest absolute Gasteiger partial charge is 0.472 e. The number of hydrogen-bond acceptors (Lipinski definition) is 7. The van der Waals surface area contributed by atoms with Gasteiger partial charge in [-0.3, -0.25) is 18.6 Å². The molecule has 0 aromatic carbocycles. The zero-order chi connectivity index (χ0) is 63.4. The van der Waals surface area contributed by atoms with Crippen LogP contribution in [0.2, 0.25) is 0 Å². The van der Waals surface area contributed by atoms with E-state index >= 15 is 0 Å². The van der Waals surface area contributed by atoms with Crippen molar-refractivity contribution in [3.05, 3.63) is 122 Å². The molecule has 0 aliphatic carbocycles. The van der Waals surface area contributed by atoms with E-state index in [1.54, 1.807) is 0 Å². The normalized spacial score (nSPS) is 13.9. The highest BCUT2D eigenvalue weighted by atomic mass is 31.2. The number of quaternary nitrogens is 1. The smallest absolute Gasteiger partial charge is 0.462 e. The van der Waals surface area contributed by atoms with E-state index < -0.39 is 26.5 Å². The van der Waals surface area contributed by atoms with E-state index in [0.717, 1.165) is 122 Å². The third-order valence-electron chi connectivity index (χ3n) is 15.3. The molecule has 1 N–H and O–H groups in total. The van der Waals surface area contributed by atoms with Gasteiger partial charge in [0.15, 0.2) is 6.10 Å². The van der Waals surface area contributed by atoms with E-state index in [9.17, 15) is 19.0 Å². The monoisotopic (exact) mass is 1230 g/mol. The average Bonchev–Trinajstić information content (AvgIpc) is 3.56. The Hall–Kier alpha value is -3.59. The van der Waals surface area contributed by atoms with Gasteiger partial charge in [-0.1, -0.05) is 322 Å². The molecule has 9 nitrogen and oxygen atoms in total. The van der Waals surface area contributed by atoms with Crippen LogP contribution >= 0.6 is 7.82 Å². The fourth-order valence-corrected chi connectivity index (χ4v) is 10.6. The lowest BCUT2D eigenvalue weighted by Gasteiger charge is -2.24. The Morgan fingerprint density at radius 3 is 0.977 bits per heavy atom. The van der Waals surface area contributed by atoms with Crippen molar-refractivity contribution in [3.8, 4) is 0 Å². The predicted molar refractivity (Wildman–Crippen MR) is 376 cm³/mol. The van der Waals surface area contributed by atoms with Gasteiger partial charge in [-0.25, -0.2) is 4.57 Å². The Labute approximate surface area is 537 Å². The number of likely N-dealkylation sites (N-methyl/N-ethyl adjacent to an activating group) is 1. The molecule has 2 atom stereocenters. The molecule has 0 rings (SSSR count). The Bertz CT molecular complexity index is 1880. The van der Waals surface area contributed by atoms with Crippen molar-refractivity contribution >= 4 is 19.8 Å². The summed E-state index contributed by atoms with van der Waals surface area (Å²) in [4.78, 5) is 35.9. The molecular weight excluding hydrogens is 1100 g/mol. The maximum atomic E-state index is 12.9. The lowest BCUT2D eigenvalue weighted by molar-refractivity contribution is -0.870. The first-order valence-electron chi connectivity index (χ1n) is 35.8. The Morgan fingerprint density at radius 1 is 0.368 bits per heavy atom. The van der Waals surface area contributed by atoms with Gasteiger partial charge in [0.25, 0.3) is 0 Å². The van der Waals surface area contributed by atoms with Crippen molar-refractivity contribution in [2.75, 3.05) is 47.5 Å². The Balaban J connectivity index is 4.12. The molecule has 0 bridgehead atoms. The van der Waals surface area contributed by atoms with Gasteiger partial charge in [0.05, 0.1) is 27.7 Å². The molecule has 0 aliphatic rings. The van der Waals surface area contributed by atoms with E-state index in [1.807, 2.05) is 21.1 Å². The van der Waals surface area contributed by atoms with Gasteiger partial charge < -0.3 is 18.9 Å². The lowest BCUT2D eigenvalue weighted by Crippen LogP contribution is -2.37. The summed E-state index contributed by atoms with van der Waals surface area (Å²) in [5, 5.41) is 0. The van der Waals surface area contributed by atoms with Crippen LogP contribution in [0.25, 0.3) is 0 Å². The summed E-state index contributed by atoms with van der Waals surface area (Å²) in [5.41, 5.74) is 0. The summed E-state index contributed by atoms with van der Waals surface area (Å²) in [7, 11) is 1.46. The van der Waals surface area contributed by atoms with Crippen molar-refractivity contribution in [2.45, 2.75) is 309 Å². The molecule has 0 heterocycles. The van der Waals surface area contributed by atoms with Crippen LogP contribution in [0.15, 0.2) is 122 Å². The van der Waals surface area contributed by atoms with Gasteiger partial charge in [0.2, 0.25) is 0 Å². The zero-order valence-electron chi connectivity index (χ0n) is 57.0. The molecule has 10 heteroatoms. The number of carbonyl (C=O) groups is 2. The predicted octanol–water partition coefficient (Wildman–Crippen LogP) is 23.4. The second-order valence-corrected chi connectivity index (χ2v) is 26.4. The van der Waals surface area contributed by atoms with Crippen LogP contribution in [-0.2, 0) is 32.7 Å². The van der Waals surface area contributed by atoms with Crippen LogP contribution in [0.3, 0.4) is 0 Å². The minimum absolute atomic E-state index is 0.0243. The number of rotatable bonds is 65. The van der Waals surface area contributed by atoms with Crippen molar-refractivity contribution in [3.63, 3.8) is 0 Å². The molecule has 0 spiro atoms. The standard InChI is InChI=1S/C77H134NO8P/c1-6-8-10-12-14-16-18-20-22-24-26-28-30-32-34-35-36-37-38-39-40-41-42-43-44-46-48-50-52-54-56-58-60-62-64-66-68-70-77(80)86-75(74-85-87(81,82)84-72-71-78(3,4)5)73-83-76(79)69-67-65-63-61-59-57-55-53-51-49-47-45-33-31-29-27-25-23-21-19-17-15-13-11-9-7-2/h8,10,14,16,20,22,26,28,32,34,36-37,39-40,42-43,46,48,52,54,75H,6-7,9,11-13,15,17-19,21,23-25,27,29-31,33,35,38,41,44-45,47,49-51,53,55-74H2,1-5H3/p+1/b10-8-,16-14-,22-20-,28-26-,34-32-,37-36-,40-39-,43-42-,48-46-,54-52-. The topological polar surface area (TPSA) is 108 Å². The van der Waals surface area contributed by atoms with Gasteiger partial charge in [0.1, 0.15) is 19.8 Å². The van der Waals surface area contributed by atoms with E-state index in [-0.39, 0.29) is 32.0 Å². The third kappa shape index (κ3) is 71.4. The lowest BCUT2D eigenvalue weighted by atomic mass is 10.0. The second-order valence-electron chi connectivity index (χ2n) is 24.9. The minimum Gasteiger partial charge on any atom is -0.462 e. The highest BCUT2D eigenvalue weighted by Gasteiger charge is 2.27. The molecule has 0 aromatic heterocycles. The number of carbonyl (C=O) groups excluding carboxylic acids is 2. The average molecular weight is 1230 g/mol. The maximum Gasteiger partial charge on any atom is 0.472 e. The molecule has 0 fully saturated rings. The van der Waals surface area contributed by atoms with Gasteiger partial charge in [0, 0.05) is 12.8 Å². The molecule has 0 aromatic rings. The second kappa shape index (κ2) is 66.8. The van der Waals surface area contributed by atoms with Crippen molar-refractivity contribution in [2.24, 2.45) is 0 Å². The molecule has 0 aliphatic heterocycles. The fourth-order valence-electron chi connectivity index (χ4n) is 9.81. The van der Waals surface area contributed by atoms with E-state index in [2.05, 4.69) is 135 Å². The summed E-state index contributed by atoms with van der Waals surface area (Å²) < 4.78 is 34.7. The van der Waals surface area contributed by atoms with Crippen LogP contribution in [0.4, 0.5) is 0 Å². The molecule has 87 heavy (non-hydrogen) atoms. The van der Waals surface area contributed by atoms with Gasteiger partial charge in [-0.2, -0.15) is 0 Å². The van der Waals surface area contributed by atoms with Crippen LogP contribution in [0, 0.1) is 0 Å². The number of nitrogens with zero attached hydrogens (tertiary/aromatic N) is 1. The number of unbranched alkanes of at least 4 members (excludes halogenated alkanes) is 31. The van der Waals surface area contributed by atoms with Crippen LogP contribution in [-0.4, -0.2) is 74.9 Å². The summed E-state index contributed by atoms with van der Waals surface area (Å²) >= 11 is 0. The van der Waals surface area contributed by atoms with Crippen LogP contribution < -0.4 is 0 Å². The number of esters is 2. The first-order valence-corrected chi connectivity index (χ1v) is 37.3. The highest BCUT2D eigenvalue weighted by molar-refractivity contribution is 7.47. The third-order valence-corrected chi connectivity index (χ3v) is 16.2. The zero-order valence-corrected chi connectivity index (χ0v) is 57.9. The van der Waals surface area contributed by atoms with Gasteiger partial charge in [-0.05, 0) is 89.9 Å². The number of allylic oxidation sites excluding steroid dienone is 20. The SMILES string of the molecule is CC/C=C\C/C=C\C/C=C\C/C=C\C/C=C\C/C=C\C/C=C\C/C=C\C/C=C\C/C=C\CCCCCCCCC(=O)OC(COC(=O)CCCCCCCCCCCCCCCCCCCCCCCCCCCC)COP(=O)(O)OCC[N+](C)(C)C. The fraction of sp³-hybridized carbons (Fsp3) is 0.714. The summed E-state index contributed by atoms with van der Waals surface area (Å²) in [6.45, 7) is 4.33. The molecule has 0 amide bonds. The van der Waals surface area contributed by atoms with E-state index in [0.29, 0.717) is 17.4 Å². The molecule has 500 valence electrons.